The first-order chi connectivity index (χ1) is 17.5. The molecule has 36 heavy (non-hydrogen) atoms. The van der Waals surface area contributed by atoms with Crippen molar-refractivity contribution in [1.29, 1.82) is 0 Å². The van der Waals surface area contributed by atoms with Crippen LogP contribution in [0.25, 0.3) is 0 Å². The van der Waals surface area contributed by atoms with E-state index in [1.54, 1.807) is 24.3 Å². The van der Waals surface area contributed by atoms with Gasteiger partial charge in [-0.2, -0.15) is 0 Å². The smallest absolute Gasteiger partial charge is 0.171 e. The second-order valence-electron chi connectivity index (χ2n) is 8.44. The number of aromatic hydroxyl groups is 1. The summed E-state index contributed by atoms with van der Waals surface area (Å²) in [6.07, 6.45) is 0. The van der Waals surface area contributed by atoms with Crippen molar-refractivity contribution in [2.45, 2.75) is 6.92 Å². The molecule has 0 amide bonds. The second kappa shape index (κ2) is 10.2. The number of ether oxygens (including phenoxy) is 2. The first-order valence-electron chi connectivity index (χ1n) is 11.6. The first-order valence-corrected chi connectivity index (χ1v) is 13.3. The SMILES string of the molecule is Cc1ccc(Oc2ccc(P(=O)(c3ccccc3)c3ccc(Oc4ccc(O)cc4)cc3)cc2)cc1. The lowest BCUT2D eigenvalue weighted by molar-refractivity contribution is 0.464. The molecule has 5 heteroatoms. The lowest BCUT2D eigenvalue weighted by atomic mass is 10.2. The Morgan fingerprint density at radius 2 is 0.861 bits per heavy atom. The molecule has 0 saturated heterocycles. The molecule has 0 saturated carbocycles. The maximum absolute atomic E-state index is 14.7. The molecule has 0 heterocycles. The molecule has 0 aliphatic rings. The molecule has 1 unspecified atom stereocenters. The maximum atomic E-state index is 14.7. The third kappa shape index (κ3) is 5.05. The van der Waals surface area contributed by atoms with Crippen molar-refractivity contribution >= 4 is 23.1 Å². The fraction of sp³-hybridized carbons (Fsp3) is 0.0323. The molecule has 0 spiro atoms. The highest BCUT2D eigenvalue weighted by Gasteiger charge is 2.29. The highest BCUT2D eigenvalue weighted by molar-refractivity contribution is 7.85. The standard InChI is InChI=1S/C31H25O4P/c1-23-7-11-25(12-8-23)34-27-15-19-30(20-16-27)36(33,29-5-3-2-4-6-29)31-21-17-28(18-22-31)35-26-13-9-24(32)10-14-26/h2-22,32H,1H3. The largest absolute Gasteiger partial charge is 0.508 e. The van der Waals surface area contributed by atoms with Crippen molar-refractivity contribution in [3.8, 4) is 28.7 Å². The van der Waals surface area contributed by atoms with Crippen LogP contribution in [0.15, 0.2) is 127 Å². The number of benzene rings is 5. The summed E-state index contributed by atoms with van der Waals surface area (Å²) in [7, 11) is -3.14. The van der Waals surface area contributed by atoms with Crippen LogP contribution in [0.1, 0.15) is 5.56 Å². The summed E-state index contributed by atoms with van der Waals surface area (Å²) in [5, 5.41) is 11.7. The van der Waals surface area contributed by atoms with E-state index < -0.39 is 7.14 Å². The van der Waals surface area contributed by atoms with E-state index in [1.165, 1.54) is 5.56 Å². The van der Waals surface area contributed by atoms with Gasteiger partial charge < -0.3 is 19.1 Å². The molecule has 5 aromatic carbocycles. The van der Waals surface area contributed by atoms with Gasteiger partial charge in [0.05, 0.1) is 0 Å². The van der Waals surface area contributed by atoms with Crippen molar-refractivity contribution in [1.82, 2.24) is 0 Å². The van der Waals surface area contributed by atoms with Gasteiger partial charge >= 0.3 is 0 Å². The summed E-state index contributed by atoms with van der Waals surface area (Å²) in [4.78, 5) is 0. The minimum Gasteiger partial charge on any atom is -0.508 e. The normalized spacial score (nSPS) is 12.5. The molecule has 0 aliphatic heterocycles. The number of phenols is 1. The van der Waals surface area contributed by atoms with Crippen LogP contribution in [-0.2, 0) is 4.57 Å². The highest BCUT2D eigenvalue weighted by Crippen LogP contribution is 2.43. The van der Waals surface area contributed by atoms with E-state index in [2.05, 4.69) is 0 Å². The van der Waals surface area contributed by atoms with Crippen molar-refractivity contribution in [3.05, 3.63) is 133 Å². The Bertz CT molecular complexity index is 1380. The molecular weight excluding hydrogens is 467 g/mol. The summed E-state index contributed by atoms with van der Waals surface area (Å²) in [6, 6.07) is 38.7. The molecule has 178 valence electrons. The molecular formula is C31H25O4P. The van der Waals surface area contributed by atoms with Crippen molar-refractivity contribution in [2.75, 3.05) is 0 Å². The van der Waals surface area contributed by atoms with Gasteiger partial charge in [-0.05, 0) is 91.9 Å². The van der Waals surface area contributed by atoms with Gasteiger partial charge in [0.25, 0.3) is 0 Å². The van der Waals surface area contributed by atoms with Gasteiger partial charge in [0.15, 0.2) is 7.14 Å². The number of rotatable bonds is 7. The Morgan fingerprint density at radius 3 is 1.31 bits per heavy atom. The van der Waals surface area contributed by atoms with Gasteiger partial charge in [0.1, 0.15) is 28.7 Å². The van der Waals surface area contributed by atoms with Crippen molar-refractivity contribution < 1.29 is 19.1 Å². The summed E-state index contributed by atoms with van der Waals surface area (Å²) < 4.78 is 26.6. The second-order valence-corrected chi connectivity index (χ2v) is 11.2. The van der Waals surface area contributed by atoms with Crippen LogP contribution in [0.5, 0.6) is 28.7 Å². The minimum atomic E-state index is -3.14. The number of phenolic OH excluding ortho intramolecular Hbond substituents is 1. The zero-order valence-electron chi connectivity index (χ0n) is 19.7. The molecule has 0 aromatic heterocycles. The van der Waals surface area contributed by atoms with Crippen molar-refractivity contribution in [3.63, 3.8) is 0 Å². The van der Waals surface area contributed by atoms with Crippen LogP contribution in [-0.4, -0.2) is 5.11 Å². The van der Waals surface area contributed by atoms with Gasteiger partial charge in [0, 0.05) is 15.9 Å². The Kier molecular flexibility index (Phi) is 6.62. The van der Waals surface area contributed by atoms with E-state index in [1.807, 2.05) is 110 Å². The Hall–Kier alpha value is -4.27. The van der Waals surface area contributed by atoms with Gasteiger partial charge in [-0.1, -0.05) is 48.0 Å². The summed E-state index contributed by atoms with van der Waals surface area (Å²) in [5.41, 5.74) is 1.17. The first kappa shape index (κ1) is 23.5. The summed E-state index contributed by atoms with van der Waals surface area (Å²) >= 11 is 0. The molecule has 5 aromatic rings. The summed E-state index contributed by atoms with van der Waals surface area (Å²) in [5.74, 6) is 2.84. The fourth-order valence-corrected chi connectivity index (χ4v) is 6.55. The van der Waals surface area contributed by atoms with E-state index in [4.69, 9.17) is 9.47 Å². The van der Waals surface area contributed by atoms with Crippen LogP contribution >= 0.6 is 7.14 Å². The van der Waals surface area contributed by atoms with Gasteiger partial charge in [-0.25, -0.2) is 0 Å². The Morgan fingerprint density at radius 1 is 0.500 bits per heavy atom. The molecule has 0 fully saturated rings. The number of hydrogen-bond donors (Lipinski definition) is 1. The van der Waals surface area contributed by atoms with Crippen LogP contribution in [0, 0.1) is 6.92 Å². The molecule has 4 nitrogen and oxygen atoms in total. The zero-order chi connectivity index (χ0) is 25.0. The third-order valence-corrected chi connectivity index (χ3v) is 8.93. The maximum Gasteiger partial charge on any atom is 0.171 e. The summed E-state index contributed by atoms with van der Waals surface area (Å²) in [6.45, 7) is 2.03. The average molecular weight is 493 g/mol. The molecule has 1 N–H and O–H groups in total. The zero-order valence-corrected chi connectivity index (χ0v) is 20.6. The van der Waals surface area contributed by atoms with Gasteiger partial charge in [0.2, 0.25) is 0 Å². The van der Waals surface area contributed by atoms with E-state index >= 15 is 0 Å². The number of hydrogen-bond acceptors (Lipinski definition) is 4. The molecule has 5 rings (SSSR count). The molecule has 0 radical (unpaired) electrons. The quantitative estimate of drug-likeness (QED) is 0.251. The fourth-order valence-electron chi connectivity index (χ4n) is 3.93. The molecule has 0 bridgehead atoms. The van der Waals surface area contributed by atoms with Crippen LogP contribution in [0.3, 0.4) is 0 Å². The van der Waals surface area contributed by atoms with E-state index in [9.17, 15) is 9.67 Å². The lowest BCUT2D eigenvalue weighted by Gasteiger charge is -2.20. The van der Waals surface area contributed by atoms with Crippen LogP contribution < -0.4 is 25.4 Å². The minimum absolute atomic E-state index is 0.178. The van der Waals surface area contributed by atoms with E-state index in [0.29, 0.717) is 22.6 Å². The number of aryl methyl sites for hydroxylation is 1. The van der Waals surface area contributed by atoms with Gasteiger partial charge in [-0.15, -0.1) is 0 Å². The predicted octanol–water partition coefficient (Wildman–Crippen LogP) is 6.92. The Labute approximate surface area is 210 Å². The lowest BCUT2D eigenvalue weighted by Crippen LogP contribution is -2.24. The molecule has 1 atom stereocenters. The van der Waals surface area contributed by atoms with Crippen LogP contribution in [0.4, 0.5) is 0 Å². The predicted molar refractivity (Wildman–Crippen MR) is 145 cm³/mol. The average Bonchev–Trinajstić information content (AvgIpc) is 2.92. The molecule has 0 aliphatic carbocycles. The van der Waals surface area contributed by atoms with Gasteiger partial charge in [-0.3, -0.25) is 0 Å². The Balaban J connectivity index is 1.45. The monoisotopic (exact) mass is 492 g/mol. The van der Waals surface area contributed by atoms with Crippen molar-refractivity contribution in [2.24, 2.45) is 0 Å². The van der Waals surface area contributed by atoms with E-state index in [0.717, 1.165) is 16.4 Å². The third-order valence-electron chi connectivity index (χ3n) is 5.85. The highest BCUT2D eigenvalue weighted by atomic mass is 31.2. The van der Waals surface area contributed by atoms with E-state index in [-0.39, 0.29) is 5.75 Å². The topological polar surface area (TPSA) is 55.8 Å². The van der Waals surface area contributed by atoms with Crippen LogP contribution in [0.2, 0.25) is 0 Å².